The fourth-order valence-electron chi connectivity index (χ4n) is 5.03. The number of unbranched alkanes of at least 4 members (excludes halogenated alkanes) is 1. The van der Waals surface area contributed by atoms with Crippen LogP contribution in [-0.2, 0) is 23.1 Å². The van der Waals surface area contributed by atoms with Gasteiger partial charge in [0.2, 0.25) is 10.0 Å². The molecule has 0 saturated carbocycles. The Labute approximate surface area is 250 Å². The van der Waals surface area contributed by atoms with Crippen LogP contribution in [0, 0.1) is 27.7 Å². The highest BCUT2D eigenvalue weighted by molar-refractivity contribution is 7.89. The van der Waals surface area contributed by atoms with E-state index in [9.17, 15) is 8.42 Å². The number of halogens is 3. The molecule has 0 aliphatic heterocycles. The van der Waals surface area contributed by atoms with Crippen molar-refractivity contribution in [2.45, 2.75) is 58.5 Å². The van der Waals surface area contributed by atoms with E-state index in [1.807, 2.05) is 26.0 Å². The van der Waals surface area contributed by atoms with E-state index < -0.39 is 10.0 Å². The van der Waals surface area contributed by atoms with Crippen LogP contribution in [0.1, 0.15) is 46.2 Å². The third kappa shape index (κ3) is 9.35. The smallest absolute Gasteiger partial charge is 0.244 e. The summed E-state index contributed by atoms with van der Waals surface area (Å²) in [5.74, 6) is 0. The Morgan fingerprint density at radius 2 is 1.29 bits per heavy atom. The van der Waals surface area contributed by atoms with E-state index in [-0.39, 0.29) is 26.9 Å². The molecule has 0 aromatic heterocycles. The van der Waals surface area contributed by atoms with Crippen molar-refractivity contribution >= 4 is 33.2 Å². The van der Waals surface area contributed by atoms with E-state index in [4.69, 9.17) is 23.2 Å². The second-order valence-corrected chi connectivity index (χ2v) is 13.7. The predicted molar refractivity (Wildman–Crippen MR) is 156 cm³/mol. The molecule has 0 radical (unpaired) electrons. The lowest BCUT2D eigenvalue weighted by Crippen LogP contribution is -3.00. The first-order chi connectivity index (χ1) is 17.2. The summed E-state index contributed by atoms with van der Waals surface area (Å²) in [4.78, 5) is 0.0915. The number of benzene rings is 3. The van der Waals surface area contributed by atoms with Crippen molar-refractivity contribution in [3.63, 3.8) is 0 Å². The second-order valence-electron chi connectivity index (χ2n) is 10.9. The standard InChI is InChI=1S/C30H39Cl2N2O2S.BrH/c1-22-13-23(2)16-26(15-22)20-33(37(35,36)30-10-9-28(31)19-29(30)32)11-7-8-12-34(5,6)21-27-17-24(3)14-25(4)18-27;/h9-10,13-19H,7-8,11-12,20-21H2,1-6H3;1H/q+1;/p-1. The highest BCUT2D eigenvalue weighted by Gasteiger charge is 2.27. The van der Waals surface area contributed by atoms with E-state index in [1.165, 1.54) is 28.8 Å². The number of nitrogens with zero attached hydrogens (tertiary/aromatic N) is 2. The Bertz CT molecular complexity index is 1320. The number of hydrogen-bond donors (Lipinski definition) is 0. The summed E-state index contributed by atoms with van der Waals surface area (Å²) in [6.07, 6.45) is 1.66. The third-order valence-electron chi connectivity index (χ3n) is 6.47. The number of sulfonamides is 1. The van der Waals surface area contributed by atoms with Gasteiger partial charge in [-0.3, -0.25) is 0 Å². The van der Waals surface area contributed by atoms with Crippen molar-refractivity contribution in [2.24, 2.45) is 0 Å². The van der Waals surface area contributed by atoms with Gasteiger partial charge in [-0.05, 0) is 64.3 Å². The quantitative estimate of drug-likeness (QED) is 0.229. The molecule has 0 unspecified atom stereocenters. The average molecular weight is 643 g/mol. The van der Waals surface area contributed by atoms with Gasteiger partial charge in [-0.2, -0.15) is 4.31 Å². The van der Waals surface area contributed by atoms with Crippen molar-refractivity contribution < 1.29 is 29.9 Å². The first-order valence-electron chi connectivity index (χ1n) is 12.7. The lowest BCUT2D eigenvalue weighted by Gasteiger charge is -2.31. The molecule has 8 heteroatoms. The Balaban J connectivity index is 0.00000507. The zero-order valence-electron chi connectivity index (χ0n) is 23.2. The summed E-state index contributed by atoms with van der Waals surface area (Å²) < 4.78 is 29.9. The SMILES string of the molecule is Cc1cc(C)cc(CN(CCCC[N+](C)(C)Cc2cc(C)cc(C)c2)S(=O)(=O)c2ccc(Cl)cc2Cl)c1.[Br-]. The van der Waals surface area contributed by atoms with Gasteiger partial charge >= 0.3 is 0 Å². The van der Waals surface area contributed by atoms with Gasteiger partial charge in [-0.25, -0.2) is 8.42 Å². The minimum absolute atomic E-state index is 0. The molecule has 0 aliphatic carbocycles. The molecule has 3 aromatic carbocycles. The van der Waals surface area contributed by atoms with Crippen molar-refractivity contribution in [1.82, 2.24) is 4.31 Å². The van der Waals surface area contributed by atoms with Crippen LogP contribution in [0.5, 0.6) is 0 Å². The lowest BCUT2D eigenvalue weighted by atomic mass is 10.1. The van der Waals surface area contributed by atoms with Crippen molar-refractivity contribution in [2.75, 3.05) is 27.2 Å². The van der Waals surface area contributed by atoms with Gasteiger partial charge in [0, 0.05) is 23.7 Å². The number of aryl methyl sites for hydroxylation is 4. The first kappa shape index (κ1) is 32.8. The van der Waals surface area contributed by atoms with Crippen molar-refractivity contribution in [1.29, 1.82) is 0 Å². The summed E-state index contributed by atoms with van der Waals surface area (Å²) in [6.45, 7) is 10.9. The maximum Gasteiger partial charge on any atom is 0.244 e. The number of rotatable bonds is 11. The van der Waals surface area contributed by atoms with Gasteiger partial charge in [-0.1, -0.05) is 81.9 Å². The van der Waals surface area contributed by atoms with Crippen LogP contribution in [0.4, 0.5) is 0 Å². The molecule has 0 spiro atoms. The van der Waals surface area contributed by atoms with E-state index in [0.717, 1.165) is 47.1 Å². The zero-order chi connectivity index (χ0) is 27.4. The van der Waals surface area contributed by atoms with Crippen LogP contribution >= 0.6 is 23.2 Å². The lowest BCUT2D eigenvalue weighted by molar-refractivity contribution is -0.903. The van der Waals surface area contributed by atoms with Gasteiger partial charge in [-0.15, -0.1) is 0 Å². The highest BCUT2D eigenvalue weighted by atomic mass is 79.9. The predicted octanol–water partition coefficient (Wildman–Crippen LogP) is 4.48. The normalized spacial score (nSPS) is 12.0. The molecule has 0 N–H and O–H groups in total. The first-order valence-corrected chi connectivity index (χ1v) is 14.9. The maximum atomic E-state index is 13.7. The van der Waals surface area contributed by atoms with Crippen molar-refractivity contribution in [3.8, 4) is 0 Å². The summed E-state index contributed by atoms with van der Waals surface area (Å²) in [5, 5.41) is 0.554. The third-order valence-corrected chi connectivity index (χ3v) is 9.03. The van der Waals surface area contributed by atoms with E-state index in [2.05, 4.69) is 52.2 Å². The molecular formula is C30H39BrCl2N2O2S. The van der Waals surface area contributed by atoms with Crippen LogP contribution in [0.15, 0.2) is 59.5 Å². The molecule has 0 saturated heterocycles. The Morgan fingerprint density at radius 1 is 0.763 bits per heavy atom. The molecule has 0 aliphatic rings. The number of hydrogen-bond acceptors (Lipinski definition) is 2. The minimum atomic E-state index is -3.81. The molecule has 0 bridgehead atoms. The fraction of sp³-hybridized carbons (Fsp3) is 0.400. The van der Waals surface area contributed by atoms with Gasteiger partial charge in [0.05, 0.1) is 25.7 Å². The van der Waals surface area contributed by atoms with Crippen LogP contribution in [0.25, 0.3) is 0 Å². The Morgan fingerprint density at radius 3 is 1.82 bits per heavy atom. The molecule has 0 atom stereocenters. The maximum absolute atomic E-state index is 13.7. The molecule has 0 fully saturated rings. The van der Waals surface area contributed by atoms with E-state index in [0.29, 0.717) is 18.1 Å². The largest absolute Gasteiger partial charge is 1.00 e. The van der Waals surface area contributed by atoms with Gasteiger partial charge in [0.15, 0.2) is 0 Å². The van der Waals surface area contributed by atoms with Crippen LogP contribution < -0.4 is 17.0 Å². The average Bonchev–Trinajstić information content (AvgIpc) is 2.73. The second kappa shape index (κ2) is 13.8. The molecule has 3 rings (SSSR count). The molecule has 0 amide bonds. The van der Waals surface area contributed by atoms with Gasteiger partial charge in [0.25, 0.3) is 0 Å². The topological polar surface area (TPSA) is 37.4 Å². The summed E-state index contributed by atoms with van der Waals surface area (Å²) >= 11 is 12.4. The number of quaternary nitrogens is 1. The summed E-state index contributed by atoms with van der Waals surface area (Å²) in [5.41, 5.74) is 7.09. The molecule has 38 heavy (non-hydrogen) atoms. The zero-order valence-corrected chi connectivity index (χ0v) is 27.1. The van der Waals surface area contributed by atoms with Crippen LogP contribution in [-0.4, -0.2) is 44.4 Å². The minimum Gasteiger partial charge on any atom is -1.00 e. The Kier molecular flexibility index (Phi) is 11.9. The fourth-order valence-corrected chi connectivity index (χ4v) is 7.25. The summed E-state index contributed by atoms with van der Waals surface area (Å²) in [7, 11) is 0.654. The summed E-state index contributed by atoms with van der Waals surface area (Å²) in [6, 6.07) is 17.4. The molecule has 208 valence electrons. The van der Waals surface area contributed by atoms with Crippen molar-refractivity contribution in [3.05, 3.63) is 98.0 Å². The van der Waals surface area contributed by atoms with E-state index >= 15 is 0 Å². The molecule has 0 heterocycles. The molecular weight excluding hydrogens is 603 g/mol. The monoisotopic (exact) mass is 640 g/mol. The van der Waals surface area contributed by atoms with Gasteiger partial charge in [0.1, 0.15) is 11.4 Å². The van der Waals surface area contributed by atoms with Gasteiger partial charge < -0.3 is 21.5 Å². The van der Waals surface area contributed by atoms with Crippen LogP contribution in [0.3, 0.4) is 0 Å². The van der Waals surface area contributed by atoms with E-state index in [1.54, 1.807) is 10.4 Å². The molecule has 3 aromatic rings. The highest BCUT2D eigenvalue weighted by Crippen LogP contribution is 2.29. The molecule has 4 nitrogen and oxygen atoms in total. The Hall–Kier alpha value is -1.41. The van der Waals surface area contributed by atoms with Crippen LogP contribution in [0.2, 0.25) is 10.0 Å².